The third kappa shape index (κ3) is 4.57. The van der Waals surface area contributed by atoms with E-state index in [0.717, 1.165) is 18.5 Å². The van der Waals surface area contributed by atoms with Gasteiger partial charge in [0.25, 0.3) is 0 Å². The molecule has 0 aromatic carbocycles. The van der Waals surface area contributed by atoms with Crippen LogP contribution in [0.25, 0.3) is 0 Å². The molecule has 112 valence electrons. The molecule has 3 heteroatoms. The monoisotopic (exact) mass is 292 g/mol. The van der Waals surface area contributed by atoms with E-state index >= 15 is 0 Å². The zero-order valence-corrected chi connectivity index (χ0v) is 13.9. The van der Waals surface area contributed by atoms with Gasteiger partial charge in [0.15, 0.2) is 0 Å². The highest BCUT2D eigenvalue weighted by Gasteiger charge is 2.33. The standard InChI is InChI=1S/C17H28N2S/c1-17(2,3)18-10-15-8-9-16(20-15)12-19(14-6-7-14)11-13-4-5-13/h8-9,13-14,18H,4-7,10-12H2,1-3H3. The molecule has 0 saturated heterocycles. The highest BCUT2D eigenvalue weighted by molar-refractivity contribution is 7.11. The Morgan fingerprint density at radius 3 is 2.45 bits per heavy atom. The second-order valence-electron chi connectivity index (χ2n) is 7.58. The van der Waals surface area contributed by atoms with Crippen molar-refractivity contribution in [2.24, 2.45) is 5.92 Å². The molecule has 0 bridgehead atoms. The van der Waals surface area contributed by atoms with Gasteiger partial charge in [-0.05, 0) is 64.5 Å². The van der Waals surface area contributed by atoms with Crippen molar-refractivity contribution < 1.29 is 0 Å². The summed E-state index contributed by atoms with van der Waals surface area (Å²) in [6.07, 6.45) is 5.79. The number of nitrogens with zero attached hydrogens (tertiary/aromatic N) is 1. The first-order valence-electron chi connectivity index (χ1n) is 8.06. The Kier molecular flexibility index (Phi) is 4.21. The number of rotatable bonds is 7. The SMILES string of the molecule is CC(C)(C)NCc1ccc(CN(CC2CC2)C2CC2)s1. The second-order valence-corrected chi connectivity index (χ2v) is 8.83. The summed E-state index contributed by atoms with van der Waals surface area (Å²) in [7, 11) is 0. The number of nitrogens with one attached hydrogen (secondary N) is 1. The van der Waals surface area contributed by atoms with Crippen LogP contribution < -0.4 is 5.32 Å². The summed E-state index contributed by atoms with van der Waals surface area (Å²) in [6, 6.07) is 5.54. The quantitative estimate of drug-likeness (QED) is 0.817. The van der Waals surface area contributed by atoms with Crippen LogP contribution in [0.15, 0.2) is 12.1 Å². The maximum Gasteiger partial charge on any atom is 0.0331 e. The zero-order valence-electron chi connectivity index (χ0n) is 13.1. The van der Waals surface area contributed by atoms with E-state index in [0.29, 0.717) is 0 Å². The molecule has 20 heavy (non-hydrogen) atoms. The maximum absolute atomic E-state index is 3.58. The predicted molar refractivity (Wildman–Crippen MR) is 87.1 cm³/mol. The Bertz CT molecular complexity index is 438. The molecule has 0 amide bonds. The molecule has 2 aliphatic carbocycles. The van der Waals surface area contributed by atoms with Gasteiger partial charge in [-0.2, -0.15) is 0 Å². The predicted octanol–water partition coefficient (Wildman–Crippen LogP) is 4.01. The normalized spacial score (nSPS) is 19.8. The van der Waals surface area contributed by atoms with E-state index in [9.17, 15) is 0 Å². The van der Waals surface area contributed by atoms with E-state index in [-0.39, 0.29) is 5.54 Å². The molecule has 1 N–H and O–H groups in total. The van der Waals surface area contributed by atoms with Gasteiger partial charge in [0.2, 0.25) is 0 Å². The highest BCUT2D eigenvalue weighted by atomic mass is 32.1. The smallest absolute Gasteiger partial charge is 0.0331 e. The number of thiophene rings is 1. The molecule has 1 aromatic heterocycles. The summed E-state index contributed by atoms with van der Waals surface area (Å²) in [5, 5.41) is 3.58. The second kappa shape index (κ2) is 5.78. The van der Waals surface area contributed by atoms with Crippen LogP contribution in [0.5, 0.6) is 0 Å². The van der Waals surface area contributed by atoms with Gasteiger partial charge >= 0.3 is 0 Å². The van der Waals surface area contributed by atoms with E-state index in [2.05, 4.69) is 43.1 Å². The minimum absolute atomic E-state index is 0.205. The van der Waals surface area contributed by atoms with Gasteiger partial charge < -0.3 is 5.32 Å². The van der Waals surface area contributed by atoms with Gasteiger partial charge in [-0.1, -0.05) is 0 Å². The van der Waals surface area contributed by atoms with Crippen molar-refractivity contribution in [1.82, 2.24) is 10.2 Å². The van der Waals surface area contributed by atoms with Gasteiger partial charge in [0.1, 0.15) is 0 Å². The fraction of sp³-hybridized carbons (Fsp3) is 0.765. The van der Waals surface area contributed by atoms with Crippen LogP contribution in [0, 0.1) is 5.92 Å². The third-order valence-corrected chi connectivity index (χ3v) is 5.19. The van der Waals surface area contributed by atoms with E-state index < -0.39 is 0 Å². The van der Waals surface area contributed by atoms with Gasteiger partial charge in [-0.15, -0.1) is 11.3 Å². The fourth-order valence-corrected chi connectivity index (χ4v) is 3.55. The molecule has 0 unspecified atom stereocenters. The molecular weight excluding hydrogens is 264 g/mol. The van der Waals surface area contributed by atoms with Crippen LogP contribution >= 0.6 is 11.3 Å². The van der Waals surface area contributed by atoms with Crippen LogP contribution in [0.3, 0.4) is 0 Å². The molecule has 1 heterocycles. The minimum Gasteiger partial charge on any atom is -0.307 e. The van der Waals surface area contributed by atoms with E-state index in [1.807, 2.05) is 11.3 Å². The fourth-order valence-electron chi connectivity index (χ4n) is 2.57. The zero-order chi connectivity index (χ0) is 14.2. The molecule has 2 aliphatic rings. The van der Waals surface area contributed by atoms with Crippen molar-refractivity contribution in [1.29, 1.82) is 0 Å². The van der Waals surface area contributed by atoms with Crippen LogP contribution in [0.1, 0.15) is 56.2 Å². The van der Waals surface area contributed by atoms with Crippen LogP contribution in [-0.4, -0.2) is 23.0 Å². The molecule has 2 nitrogen and oxygen atoms in total. The summed E-state index contributed by atoms with van der Waals surface area (Å²) in [5.74, 6) is 1.01. The summed E-state index contributed by atoms with van der Waals surface area (Å²) in [6.45, 7) is 10.2. The summed E-state index contributed by atoms with van der Waals surface area (Å²) in [5.41, 5.74) is 0.205. The molecule has 0 radical (unpaired) electrons. The molecular formula is C17H28N2S. The lowest BCUT2D eigenvalue weighted by Crippen LogP contribution is -2.34. The Hall–Kier alpha value is -0.380. The lowest BCUT2D eigenvalue weighted by Gasteiger charge is -2.21. The Morgan fingerprint density at radius 1 is 1.15 bits per heavy atom. The topological polar surface area (TPSA) is 15.3 Å². The molecule has 2 saturated carbocycles. The molecule has 0 aliphatic heterocycles. The molecule has 3 rings (SSSR count). The highest BCUT2D eigenvalue weighted by Crippen LogP contribution is 2.36. The average molecular weight is 292 g/mol. The van der Waals surface area contributed by atoms with Crippen molar-refractivity contribution in [2.75, 3.05) is 6.54 Å². The van der Waals surface area contributed by atoms with Crippen LogP contribution in [0.2, 0.25) is 0 Å². The third-order valence-electron chi connectivity index (χ3n) is 4.12. The molecule has 2 fully saturated rings. The van der Waals surface area contributed by atoms with Crippen LogP contribution in [0.4, 0.5) is 0 Å². The first kappa shape index (κ1) is 14.6. The van der Waals surface area contributed by atoms with E-state index in [1.165, 1.54) is 43.6 Å². The first-order chi connectivity index (χ1) is 9.49. The lowest BCUT2D eigenvalue weighted by atomic mass is 10.1. The number of hydrogen-bond donors (Lipinski definition) is 1. The van der Waals surface area contributed by atoms with E-state index in [1.54, 1.807) is 4.88 Å². The molecule has 0 atom stereocenters. The maximum atomic E-state index is 3.58. The lowest BCUT2D eigenvalue weighted by molar-refractivity contribution is 0.246. The summed E-state index contributed by atoms with van der Waals surface area (Å²) in [4.78, 5) is 5.75. The Labute approximate surface area is 127 Å². The van der Waals surface area contributed by atoms with E-state index in [4.69, 9.17) is 0 Å². The number of hydrogen-bond acceptors (Lipinski definition) is 3. The van der Waals surface area contributed by atoms with Crippen molar-refractivity contribution in [2.45, 2.75) is 71.1 Å². The Balaban J connectivity index is 1.52. The van der Waals surface area contributed by atoms with Crippen LogP contribution in [-0.2, 0) is 13.1 Å². The van der Waals surface area contributed by atoms with Gasteiger partial charge in [0, 0.05) is 41.0 Å². The van der Waals surface area contributed by atoms with Crippen molar-refractivity contribution in [3.05, 3.63) is 21.9 Å². The molecule has 0 spiro atoms. The average Bonchev–Trinajstić information content (AvgIpc) is 3.25. The summed E-state index contributed by atoms with van der Waals surface area (Å²) >= 11 is 1.99. The summed E-state index contributed by atoms with van der Waals surface area (Å²) < 4.78 is 0. The van der Waals surface area contributed by atoms with Gasteiger partial charge in [-0.3, -0.25) is 4.90 Å². The first-order valence-corrected chi connectivity index (χ1v) is 8.88. The largest absolute Gasteiger partial charge is 0.307 e. The van der Waals surface area contributed by atoms with Crippen molar-refractivity contribution >= 4 is 11.3 Å². The van der Waals surface area contributed by atoms with Crippen molar-refractivity contribution in [3.63, 3.8) is 0 Å². The van der Waals surface area contributed by atoms with Crippen molar-refractivity contribution in [3.8, 4) is 0 Å². The minimum atomic E-state index is 0.205. The van der Waals surface area contributed by atoms with Gasteiger partial charge in [0.05, 0.1) is 0 Å². The van der Waals surface area contributed by atoms with Gasteiger partial charge in [-0.25, -0.2) is 0 Å². The molecule has 1 aromatic rings. The Morgan fingerprint density at radius 2 is 1.85 bits per heavy atom.